The van der Waals surface area contributed by atoms with E-state index in [0.717, 1.165) is 16.3 Å². The lowest BCUT2D eigenvalue weighted by Crippen LogP contribution is -2.42. The molecule has 0 radical (unpaired) electrons. The Kier molecular flexibility index (Phi) is 6.18. The molecule has 1 amide bonds. The van der Waals surface area contributed by atoms with Crippen LogP contribution < -0.4 is 15.8 Å². The number of nitrogens with zero attached hydrogens (tertiary/aromatic N) is 1. The summed E-state index contributed by atoms with van der Waals surface area (Å²) in [6, 6.07) is 16.5. The molecule has 1 aromatic heterocycles. The number of hydrogen-bond acceptors (Lipinski definition) is 5. The standard InChI is InChI=1S/C21H21N3O4/c22-19(21(26)27)12-24-20(25)10-16-8-9-17(11-23-16)28-13-15-6-3-5-14-4-1-2-7-18(14)15/h1-9,11,19H,10,12-13,22H2,(H,24,25)(H,26,27). The lowest BCUT2D eigenvalue weighted by Gasteiger charge is -2.10. The van der Waals surface area contributed by atoms with Crippen molar-refractivity contribution in [2.45, 2.75) is 19.1 Å². The largest absolute Gasteiger partial charge is 0.487 e. The van der Waals surface area contributed by atoms with Crippen molar-refractivity contribution in [3.05, 3.63) is 72.1 Å². The van der Waals surface area contributed by atoms with Crippen LogP contribution in [0.5, 0.6) is 5.75 Å². The number of carbonyl (C=O) groups is 2. The van der Waals surface area contributed by atoms with E-state index in [4.69, 9.17) is 15.6 Å². The Morgan fingerprint density at radius 1 is 1.11 bits per heavy atom. The van der Waals surface area contributed by atoms with Crippen molar-refractivity contribution >= 4 is 22.6 Å². The third-order valence-electron chi connectivity index (χ3n) is 4.25. The number of amides is 1. The molecule has 0 bridgehead atoms. The number of hydrogen-bond donors (Lipinski definition) is 3. The van der Waals surface area contributed by atoms with Crippen molar-refractivity contribution < 1.29 is 19.4 Å². The summed E-state index contributed by atoms with van der Waals surface area (Å²) in [4.78, 5) is 26.7. The van der Waals surface area contributed by atoms with Crippen LogP contribution in [0.3, 0.4) is 0 Å². The number of nitrogens with two attached hydrogens (primary N) is 1. The van der Waals surface area contributed by atoms with Gasteiger partial charge in [0.1, 0.15) is 18.4 Å². The summed E-state index contributed by atoms with van der Waals surface area (Å²) < 4.78 is 5.82. The lowest BCUT2D eigenvalue weighted by atomic mass is 10.1. The molecule has 2 aromatic carbocycles. The summed E-state index contributed by atoms with van der Waals surface area (Å²) in [6.07, 6.45) is 1.60. The van der Waals surface area contributed by atoms with Crippen molar-refractivity contribution in [2.24, 2.45) is 5.73 Å². The molecule has 0 saturated heterocycles. The van der Waals surface area contributed by atoms with Crippen LogP contribution in [0, 0.1) is 0 Å². The summed E-state index contributed by atoms with van der Waals surface area (Å²) in [5.41, 5.74) is 6.98. The minimum atomic E-state index is -1.16. The Labute approximate surface area is 162 Å². The first kappa shape index (κ1) is 19.3. The Balaban J connectivity index is 1.54. The topological polar surface area (TPSA) is 115 Å². The van der Waals surface area contributed by atoms with Crippen LogP contribution in [0.2, 0.25) is 0 Å². The number of rotatable bonds is 8. The summed E-state index contributed by atoms with van der Waals surface area (Å²) in [7, 11) is 0. The highest BCUT2D eigenvalue weighted by atomic mass is 16.5. The average molecular weight is 379 g/mol. The third kappa shape index (κ3) is 5.05. The van der Waals surface area contributed by atoms with Gasteiger partial charge in [-0.3, -0.25) is 14.6 Å². The molecular formula is C21H21N3O4. The van der Waals surface area contributed by atoms with Gasteiger partial charge < -0.3 is 20.9 Å². The maximum absolute atomic E-state index is 11.8. The molecule has 4 N–H and O–H groups in total. The molecule has 3 aromatic rings. The Morgan fingerprint density at radius 3 is 2.64 bits per heavy atom. The van der Waals surface area contributed by atoms with Crippen LogP contribution in [0.25, 0.3) is 10.8 Å². The van der Waals surface area contributed by atoms with E-state index in [9.17, 15) is 9.59 Å². The minimum Gasteiger partial charge on any atom is -0.487 e. The van der Waals surface area contributed by atoms with Crippen LogP contribution in [0.1, 0.15) is 11.3 Å². The summed E-state index contributed by atoms with van der Waals surface area (Å²) >= 11 is 0. The van der Waals surface area contributed by atoms with Crippen molar-refractivity contribution in [3.8, 4) is 5.75 Å². The quantitative estimate of drug-likeness (QED) is 0.551. The summed E-state index contributed by atoms with van der Waals surface area (Å²) in [6.45, 7) is 0.288. The van der Waals surface area contributed by atoms with E-state index in [1.165, 1.54) is 0 Å². The average Bonchev–Trinajstić information content (AvgIpc) is 2.71. The van der Waals surface area contributed by atoms with E-state index in [0.29, 0.717) is 18.1 Å². The van der Waals surface area contributed by atoms with E-state index in [-0.39, 0.29) is 18.9 Å². The number of aliphatic carboxylic acids is 1. The van der Waals surface area contributed by atoms with Gasteiger partial charge in [0.15, 0.2) is 0 Å². The van der Waals surface area contributed by atoms with Gasteiger partial charge in [-0.05, 0) is 28.5 Å². The maximum atomic E-state index is 11.8. The van der Waals surface area contributed by atoms with Gasteiger partial charge in [0.2, 0.25) is 5.91 Å². The van der Waals surface area contributed by atoms with Gasteiger partial charge in [0, 0.05) is 12.2 Å². The number of carbonyl (C=O) groups excluding carboxylic acids is 1. The molecule has 0 aliphatic heterocycles. The monoisotopic (exact) mass is 379 g/mol. The van der Waals surface area contributed by atoms with Gasteiger partial charge in [-0.2, -0.15) is 0 Å². The van der Waals surface area contributed by atoms with Crippen LogP contribution >= 0.6 is 0 Å². The van der Waals surface area contributed by atoms with E-state index < -0.39 is 12.0 Å². The number of pyridine rings is 1. The number of aromatic nitrogens is 1. The first-order valence-electron chi connectivity index (χ1n) is 8.82. The van der Waals surface area contributed by atoms with Crippen molar-refractivity contribution in [1.29, 1.82) is 0 Å². The number of nitrogens with one attached hydrogen (secondary N) is 1. The second-order valence-electron chi connectivity index (χ2n) is 6.34. The minimum absolute atomic E-state index is 0.0376. The molecule has 1 heterocycles. The first-order chi connectivity index (χ1) is 13.5. The van der Waals surface area contributed by atoms with E-state index in [1.54, 1.807) is 18.3 Å². The van der Waals surface area contributed by atoms with E-state index in [2.05, 4.69) is 28.5 Å². The van der Waals surface area contributed by atoms with Crippen LogP contribution in [-0.4, -0.2) is 34.6 Å². The van der Waals surface area contributed by atoms with Crippen LogP contribution in [-0.2, 0) is 22.6 Å². The van der Waals surface area contributed by atoms with Crippen molar-refractivity contribution in [2.75, 3.05) is 6.54 Å². The molecule has 7 heteroatoms. The van der Waals surface area contributed by atoms with Crippen molar-refractivity contribution in [3.63, 3.8) is 0 Å². The number of fused-ring (bicyclic) bond motifs is 1. The van der Waals surface area contributed by atoms with E-state index >= 15 is 0 Å². The molecule has 7 nitrogen and oxygen atoms in total. The fourth-order valence-electron chi connectivity index (χ4n) is 2.72. The third-order valence-corrected chi connectivity index (χ3v) is 4.25. The van der Waals surface area contributed by atoms with Gasteiger partial charge >= 0.3 is 5.97 Å². The van der Waals surface area contributed by atoms with Gasteiger partial charge in [-0.15, -0.1) is 0 Å². The highest BCUT2D eigenvalue weighted by Crippen LogP contribution is 2.20. The highest BCUT2D eigenvalue weighted by molar-refractivity contribution is 5.85. The molecule has 0 fully saturated rings. The normalized spacial score (nSPS) is 11.8. The van der Waals surface area contributed by atoms with E-state index in [1.807, 2.05) is 24.3 Å². The fraction of sp³-hybridized carbons (Fsp3) is 0.190. The van der Waals surface area contributed by atoms with Gasteiger partial charge in [-0.1, -0.05) is 42.5 Å². The molecule has 0 aliphatic carbocycles. The van der Waals surface area contributed by atoms with Gasteiger partial charge in [-0.25, -0.2) is 0 Å². The molecule has 1 atom stereocenters. The molecule has 0 spiro atoms. The Morgan fingerprint density at radius 2 is 1.89 bits per heavy atom. The zero-order chi connectivity index (χ0) is 19.9. The smallest absolute Gasteiger partial charge is 0.322 e. The number of carboxylic acid groups (broad SMARTS) is 1. The summed E-state index contributed by atoms with van der Waals surface area (Å²) in [5.74, 6) is -0.898. The predicted octanol–water partition coefficient (Wildman–Crippen LogP) is 1.88. The zero-order valence-electron chi connectivity index (χ0n) is 15.2. The second-order valence-corrected chi connectivity index (χ2v) is 6.34. The first-order valence-corrected chi connectivity index (χ1v) is 8.82. The molecular weight excluding hydrogens is 358 g/mol. The highest BCUT2D eigenvalue weighted by Gasteiger charge is 2.13. The SMILES string of the molecule is NC(CNC(=O)Cc1ccc(OCc2cccc3ccccc23)cn1)C(=O)O. The molecule has 28 heavy (non-hydrogen) atoms. The molecule has 144 valence electrons. The fourth-order valence-corrected chi connectivity index (χ4v) is 2.72. The number of benzene rings is 2. The molecule has 0 aliphatic rings. The number of carboxylic acids is 1. The number of ether oxygens (including phenoxy) is 1. The van der Waals surface area contributed by atoms with Crippen molar-refractivity contribution in [1.82, 2.24) is 10.3 Å². The lowest BCUT2D eigenvalue weighted by molar-refractivity contribution is -0.138. The van der Waals surface area contributed by atoms with Crippen LogP contribution in [0.4, 0.5) is 0 Å². The zero-order valence-corrected chi connectivity index (χ0v) is 15.2. The summed E-state index contributed by atoms with van der Waals surface area (Å²) in [5, 5.41) is 13.5. The van der Waals surface area contributed by atoms with Gasteiger partial charge in [0.05, 0.1) is 12.6 Å². The second kappa shape index (κ2) is 8.96. The predicted molar refractivity (Wildman–Crippen MR) is 105 cm³/mol. The van der Waals surface area contributed by atoms with Crippen LogP contribution in [0.15, 0.2) is 60.8 Å². The Bertz CT molecular complexity index is 968. The molecule has 3 rings (SSSR count). The Hall–Kier alpha value is -3.45. The van der Waals surface area contributed by atoms with Gasteiger partial charge in [0.25, 0.3) is 0 Å². The molecule has 0 saturated carbocycles. The maximum Gasteiger partial charge on any atom is 0.322 e. The molecule has 1 unspecified atom stereocenters.